The van der Waals surface area contributed by atoms with E-state index >= 15 is 0 Å². The van der Waals surface area contributed by atoms with Crippen LogP contribution in [0, 0.1) is 0 Å². The maximum atomic E-state index is 1.83. The zero-order valence-electron chi connectivity index (χ0n) is 8.86. The van der Waals surface area contributed by atoms with Gasteiger partial charge in [-0.25, -0.2) is 0 Å². The Hall–Kier alpha value is 0.194. The van der Waals surface area contributed by atoms with Gasteiger partial charge in [0.15, 0.2) is 0 Å². The van der Waals surface area contributed by atoms with Gasteiger partial charge in [-0.2, -0.15) is 0 Å². The predicted octanol–water partition coefficient (Wildman–Crippen LogP) is 4.13. The van der Waals surface area contributed by atoms with E-state index in [-0.39, 0.29) is 21.7 Å². The molecule has 0 bridgehead atoms. The normalized spacial score (nSPS) is 25.7. The first-order valence-electron chi connectivity index (χ1n) is 5.87. The molecule has 3 aliphatic carbocycles. The third-order valence-electron chi connectivity index (χ3n) is 3.96. The molecule has 0 unspecified atom stereocenters. The van der Waals surface area contributed by atoms with Gasteiger partial charge in [-0.1, -0.05) is 11.1 Å². The number of hydrogen-bond donors (Lipinski definition) is 0. The van der Waals surface area contributed by atoms with Crippen LogP contribution in [0.4, 0.5) is 0 Å². The van der Waals surface area contributed by atoms with Crippen molar-refractivity contribution in [1.29, 1.82) is 0 Å². The van der Waals surface area contributed by atoms with Crippen LogP contribution in [-0.4, -0.2) is 0 Å². The van der Waals surface area contributed by atoms with Crippen molar-refractivity contribution in [2.24, 2.45) is 0 Å². The van der Waals surface area contributed by atoms with E-state index in [1.54, 1.807) is 0 Å². The Labute approximate surface area is 102 Å². The molecular formula is C13H18Ti. The Kier molecular flexibility index (Phi) is 3.34. The van der Waals surface area contributed by atoms with Gasteiger partial charge < -0.3 is 0 Å². The minimum atomic E-state index is 0. The van der Waals surface area contributed by atoms with Crippen LogP contribution >= 0.6 is 0 Å². The molecule has 0 aliphatic heterocycles. The van der Waals surface area contributed by atoms with Crippen LogP contribution in [0.1, 0.15) is 57.8 Å². The second-order valence-electron chi connectivity index (χ2n) is 4.76. The van der Waals surface area contributed by atoms with Gasteiger partial charge in [0.2, 0.25) is 0 Å². The van der Waals surface area contributed by atoms with Gasteiger partial charge in [-0.15, -0.1) is 0 Å². The van der Waals surface area contributed by atoms with Crippen LogP contribution in [0.2, 0.25) is 0 Å². The van der Waals surface area contributed by atoms with Gasteiger partial charge in [0, 0.05) is 21.7 Å². The van der Waals surface area contributed by atoms with Gasteiger partial charge in [-0.05, 0) is 68.9 Å². The Morgan fingerprint density at radius 2 is 1.00 bits per heavy atom. The Morgan fingerprint density at radius 3 is 1.50 bits per heavy atom. The molecule has 0 fully saturated rings. The molecule has 0 saturated heterocycles. The monoisotopic (exact) mass is 222 g/mol. The molecule has 74 valence electrons. The first-order valence-corrected chi connectivity index (χ1v) is 5.87. The van der Waals surface area contributed by atoms with Crippen molar-refractivity contribution < 1.29 is 21.7 Å². The molecule has 0 radical (unpaired) electrons. The minimum absolute atomic E-state index is 0. The van der Waals surface area contributed by atoms with Crippen LogP contribution in [0.3, 0.4) is 0 Å². The first-order chi connectivity index (χ1) is 6.45. The zero-order chi connectivity index (χ0) is 8.67. The maximum absolute atomic E-state index is 1.83. The second-order valence-corrected chi connectivity index (χ2v) is 4.76. The second kappa shape index (κ2) is 4.37. The van der Waals surface area contributed by atoms with E-state index in [9.17, 15) is 0 Å². The van der Waals surface area contributed by atoms with E-state index in [0.29, 0.717) is 0 Å². The molecule has 0 spiro atoms. The third-order valence-corrected chi connectivity index (χ3v) is 3.96. The van der Waals surface area contributed by atoms with E-state index in [4.69, 9.17) is 0 Å². The molecule has 3 aliphatic rings. The molecule has 0 heterocycles. The summed E-state index contributed by atoms with van der Waals surface area (Å²) in [6.45, 7) is 0. The van der Waals surface area contributed by atoms with Crippen molar-refractivity contribution in [3.05, 3.63) is 22.3 Å². The van der Waals surface area contributed by atoms with Gasteiger partial charge in [0.1, 0.15) is 0 Å². The van der Waals surface area contributed by atoms with Crippen LogP contribution in [-0.2, 0) is 21.7 Å². The number of fused-ring (bicyclic) bond motifs is 1. The number of rotatable bonds is 0. The molecule has 0 amide bonds. The van der Waals surface area contributed by atoms with Crippen molar-refractivity contribution in [3.8, 4) is 0 Å². The fourth-order valence-corrected chi connectivity index (χ4v) is 3.31. The van der Waals surface area contributed by atoms with Crippen molar-refractivity contribution in [2.45, 2.75) is 57.8 Å². The van der Waals surface area contributed by atoms with E-state index < -0.39 is 0 Å². The van der Waals surface area contributed by atoms with Gasteiger partial charge in [0.25, 0.3) is 0 Å². The molecule has 1 heteroatoms. The Bertz CT molecular complexity index is 266. The maximum Gasteiger partial charge on any atom is 0 e. The summed E-state index contributed by atoms with van der Waals surface area (Å²) in [5.74, 6) is 0. The summed E-state index contributed by atoms with van der Waals surface area (Å²) in [6.07, 6.45) is 12.9. The molecule has 0 aromatic heterocycles. The first kappa shape index (κ1) is 10.7. The molecule has 0 aromatic rings. The summed E-state index contributed by atoms with van der Waals surface area (Å²) in [5.41, 5.74) is 7.30. The van der Waals surface area contributed by atoms with Crippen LogP contribution < -0.4 is 0 Å². The average molecular weight is 222 g/mol. The zero-order valence-corrected chi connectivity index (χ0v) is 10.4. The van der Waals surface area contributed by atoms with Crippen LogP contribution in [0.25, 0.3) is 0 Å². The van der Waals surface area contributed by atoms with E-state index in [1.807, 2.05) is 22.3 Å². The fraction of sp³-hybridized carbons (Fsp3) is 0.692. The van der Waals surface area contributed by atoms with E-state index in [2.05, 4.69) is 0 Å². The molecule has 3 rings (SSSR count). The smallest absolute Gasteiger partial charge is 0 e. The summed E-state index contributed by atoms with van der Waals surface area (Å²) in [7, 11) is 0. The summed E-state index contributed by atoms with van der Waals surface area (Å²) in [6, 6.07) is 0. The molecular weight excluding hydrogens is 204 g/mol. The molecule has 0 N–H and O–H groups in total. The van der Waals surface area contributed by atoms with Crippen molar-refractivity contribution in [1.82, 2.24) is 0 Å². The van der Waals surface area contributed by atoms with Crippen molar-refractivity contribution >= 4 is 0 Å². The van der Waals surface area contributed by atoms with Crippen LogP contribution in [0.5, 0.6) is 0 Å². The fourth-order valence-electron chi connectivity index (χ4n) is 3.31. The summed E-state index contributed by atoms with van der Waals surface area (Å²) < 4.78 is 0. The Balaban J connectivity index is 0.000000750. The van der Waals surface area contributed by atoms with Gasteiger partial charge >= 0.3 is 0 Å². The number of allylic oxidation sites excluding steroid dienone is 4. The standard InChI is InChI=1S/C13H18.Ti/c1-3-7-12-10(5-1)9-11-6-2-4-8-13(11)12;/h1-9H2;. The van der Waals surface area contributed by atoms with E-state index in [1.165, 1.54) is 57.8 Å². The quantitative estimate of drug-likeness (QED) is 0.540. The molecule has 0 nitrogen and oxygen atoms in total. The minimum Gasteiger partial charge on any atom is -0.0627 e. The average Bonchev–Trinajstić information content (AvgIpc) is 2.56. The summed E-state index contributed by atoms with van der Waals surface area (Å²) >= 11 is 0. The SMILES string of the molecule is C1CCC2=C(C1)CC1=C2CCCC1.[Ti]. The third kappa shape index (κ3) is 1.68. The number of hydrogen-bond acceptors (Lipinski definition) is 0. The molecule has 0 saturated carbocycles. The molecule has 14 heavy (non-hydrogen) atoms. The summed E-state index contributed by atoms with van der Waals surface area (Å²) in [4.78, 5) is 0. The predicted molar refractivity (Wildman–Crippen MR) is 55.6 cm³/mol. The van der Waals surface area contributed by atoms with Crippen molar-refractivity contribution in [3.63, 3.8) is 0 Å². The Morgan fingerprint density at radius 1 is 0.571 bits per heavy atom. The summed E-state index contributed by atoms with van der Waals surface area (Å²) in [5, 5.41) is 0. The topological polar surface area (TPSA) is 0 Å². The molecule has 0 atom stereocenters. The van der Waals surface area contributed by atoms with Gasteiger partial charge in [-0.3, -0.25) is 0 Å². The van der Waals surface area contributed by atoms with E-state index in [0.717, 1.165) is 0 Å². The largest absolute Gasteiger partial charge is 0.0627 e. The molecule has 0 aromatic carbocycles. The van der Waals surface area contributed by atoms with Crippen LogP contribution in [0.15, 0.2) is 22.3 Å². The van der Waals surface area contributed by atoms with Crippen molar-refractivity contribution in [2.75, 3.05) is 0 Å². The van der Waals surface area contributed by atoms with Gasteiger partial charge in [0.05, 0.1) is 0 Å².